The molecule has 22 heavy (non-hydrogen) atoms. The second-order valence-corrected chi connectivity index (χ2v) is 5.12. The van der Waals surface area contributed by atoms with Gasteiger partial charge in [0.2, 0.25) is 0 Å². The molecule has 5 nitrogen and oxygen atoms in total. The predicted octanol–water partition coefficient (Wildman–Crippen LogP) is 1.77. The Hall–Kier alpha value is -2.35. The van der Waals surface area contributed by atoms with E-state index < -0.39 is 17.3 Å². The van der Waals surface area contributed by atoms with Crippen LogP contribution in [0.15, 0.2) is 29.2 Å². The Bertz CT molecular complexity index is 769. The van der Waals surface area contributed by atoms with E-state index in [1.165, 1.54) is 4.90 Å². The fraction of sp³-hybridized carbons (Fsp3) is 0.286. The van der Waals surface area contributed by atoms with Gasteiger partial charge < -0.3 is 10.6 Å². The molecule has 0 saturated heterocycles. The number of rotatable bonds is 2. The second-order valence-electron chi connectivity index (χ2n) is 5.12. The van der Waals surface area contributed by atoms with Crippen LogP contribution in [0.2, 0.25) is 0 Å². The van der Waals surface area contributed by atoms with E-state index in [0.29, 0.717) is 13.1 Å². The zero-order valence-electron chi connectivity index (χ0n) is 11.4. The van der Waals surface area contributed by atoms with Crippen LogP contribution >= 0.6 is 0 Å². The molecule has 0 saturated carbocycles. The van der Waals surface area contributed by atoms with Crippen LogP contribution in [0.3, 0.4) is 0 Å². The number of halogens is 3. The van der Waals surface area contributed by atoms with E-state index in [0.717, 1.165) is 22.9 Å². The highest BCUT2D eigenvalue weighted by Gasteiger charge is 2.39. The van der Waals surface area contributed by atoms with E-state index in [-0.39, 0.29) is 12.2 Å². The first kappa shape index (κ1) is 14.6. The fourth-order valence-corrected chi connectivity index (χ4v) is 2.65. The molecule has 1 aliphatic rings. The van der Waals surface area contributed by atoms with Gasteiger partial charge in [-0.05, 0) is 16.7 Å². The molecule has 1 aromatic heterocycles. The largest absolute Gasteiger partial charge is 0.423 e. The average Bonchev–Trinajstić information content (AvgIpc) is 2.88. The van der Waals surface area contributed by atoms with Gasteiger partial charge >= 0.3 is 6.18 Å². The Balaban J connectivity index is 2.01. The molecule has 3 rings (SSSR count). The van der Waals surface area contributed by atoms with Gasteiger partial charge in [-0.15, -0.1) is 0 Å². The summed E-state index contributed by atoms with van der Waals surface area (Å²) in [7, 11) is 0. The first-order valence-electron chi connectivity index (χ1n) is 6.60. The summed E-state index contributed by atoms with van der Waals surface area (Å²) in [6, 6.07) is 5.58. The van der Waals surface area contributed by atoms with Crippen molar-refractivity contribution in [3.8, 4) is 0 Å². The quantitative estimate of drug-likeness (QED) is 0.886. The number of nitrogens with zero attached hydrogens (tertiary/aromatic N) is 2. The molecule has 2 aromatic rings. The van der Waals surface area contributed by atoms with Gasteiger partial charge in [-0.3, -0.25) is 4.79 Å². The van der Waals surface area contributed by atoms with Crippen LogP contribution in [-0.2, 0) is 25.8 Å². The minimum Gasteiger partial charge on any atom is -0.361 e. The number of benzene rings is 1. The van der Waals surface area contributed by atoms with E-state index >= 15 is 0 Å². The van der Waals surface area contributed by atoms with Crippen LogP contribution in [0.4, 0.5) is 18.9 Å². The monoisotopic (exact) mass is 310 g/mol. The summed E-state index contributed by atoms with van der Waals surface area (Å²) in [5.74, 6) is 0. The van der Waals surface area contributed by atoms with Crippen molar-refractivity contribution in [2.45, 2.75) is 25.8 Å². The highest BCUT2D eigenvalue weighted by molar-refractivity contribution is 5.56. The van der Waals surface area contributed by atoms with Crippen LogP contribution in [0, 0.1) is 0 Å². The fourth-order valence-electron chi connectivity index (χ4n) is 2.65. The van der Waals surface area contributed by atoms with Crippen molar-refractivity contribution < 1.29 is 13.2 Å². The van der Waals surface area contributed by atoms with E-state index in [1.807, 2.05) is 23.3 Å². The Morgan fingerprint density at radius 1 is 1.27 bits per heavy atom. The SMILES string of the molecule is NCc1ccc2c(c1)CN(c1cn[nH]c(=O)c1C(F)(F)F)C2. The molecular formula is C14H13F3N4O. The smallest absolute Gasteiger partial charge is 0.361 e. The van der Waals surface area contributed by atoms with Gasteiger partial charge in [0, 0.05) is 19.6 Å². The third-order valence-corrected chi connectivity index (χ3v) is 3.69. The van der Waals surface area contributed by atoms with E-state index in [1.54, 1.807) is 0 Å². The zero-order chi connectivity index (χ0) is 15.9. The number of anilines is 1. The molecule has 0 atom stereocenters. The summed E-state index contributed by atoms with van der Waals surface area (Å²) < 4.78 is 39.4. The molecule has 2 heterocycles. The third kappa shape index (κ3) is 2.45. The van der Waals surface area contributed by atoms with Crippen molar-refractivity contribution in [2.75, 3.05) is 4.90 Å². The summed E-state index contributed by atoms with van der Waals surface area (Å²) in [5, 5.41) is 5.34. The maximum Gasteiger partial charge on any atom is 0.423 e. The number of nitrogens with one attached hydrogen (secondary N) is 1. The summed E-state index contributed by atoms with van der Waals surface area (Å²) in [5.41, 5.74) is 5.67. The molecule has 0 amide bonds. The number of aromatic nitrogens is 2. The lowest BCUT2D eigenvalue weighted by Crippen LogP contribution is -2.28. The number of alkyl halides is 3. The highest BCUT2D eigenvalue weighted by atomic mass is 19.4. The van der Waals surface area contributed by atoms with Gasteiger partial charge in [-0.1, -0.05) is 18.2 Å². The van der Waals surface area contributed by atoms with Crippen molar-refractivity contribution in [1.82, 2.24) is 10.2 Å². The van der Waals surface area contributed by atoms with Crippen molar-refractivity contribution in [2.24, 2.45) is 5.73 Å². The van der Waals surface area contributed by atoms with Gasteiger partial charge in [0.15, 0.2) is 0 Å². The van der Waals surface area contributed by atoms with Crippen molar-refractivity contribution >= 4 is 5.69 Å². The lowest BCUT2D eigenvalue weighted by molar-refractivity contribution is -0.138. The van der Waals surface area contributed by atoms with Crippen molar-refractivity contribution in [1.29, 1.82) is 0 Å². The second kappa shape index (κ2) is 5.13. The molecule has 3 N–H and O–H groups in total. The van der Waals surface area contributed by atoms with Gasteiger partial charge in [-0.25, -0.2) is 5.10 Å². The normalized spacial score (nSPS) is 14.3. The molecule has 0 radical (unpaired) electrons. The lowest BCUT2D eigenvalue weighted by Gasteiger charge is -2.21. The molecule has 1 aromatic carbocycles. The topological polar surface area (TPSA) is 75.0 Å². The standard InChI is InChI=1S/C14H13F3N4O/c15-14(16,17)12-11(5-19-20-13(12)22)21-6-9-2-1-8(4-18)3-10(9)7-21/h1-3,5H,4,6-7,18H2,(H,20,22). The molecule has 116 valence electrons. The molecule has 0 bridgehead atoms. The first-order chi connectivity index (χ1) is 10.4. The number of aromatic amines is 1. The van der Waals surface area contributed by atoms with Gasteiger partial charge in [-0.2, -0.15) is 18.3 Å². The van der Waals surface area contributed by atoms with Crippen LogP contribution in [-0.4, -0.2) is 10.2 Å². The van der Waals surface area contributed by atoms with Gasteiger partial charge in [0.05, 0.1) is 11.9 Å². The Morgan fingerprint density at radius 3 is 2.68 bits per heavy atom. The van der Waals surface area contributed by atoms with E-state index in [9.17, 15) is 18.0 Å². The highest BCUT2D eigenvalue weighted by Crippen LogP contribution is 2.36. The molecular weight excluding hydrogens is 297 g/mol. The van der Waals surface area contributed by atoms with E-state index in [2.05, 4.69) is 5.10 Å². The summed E-state index contributed by atoms with van der Waals surface area (Å²) in [6.07, 6.45) is -3.69. The molecule has 1 aliphatic heterocycles. The van der Waals surface area contributed by atoms with Crippen molar-refractivity contribution in [3.63, 3.8) is 0 Å². The van der Waals surface area contributed by atoms with E-state index in [4.69, 9.17) is 5.73 Å². The van der Waals surface area contributed by atoms with Crippen LogP contribution in [0.1, 0.15) is 22.3 Å². The van der Waals surface area contributed by atoms with Crippen LogP contribution in [0.25, 0.3) is 0 Å². The third-order valence-electron chi connectivity index (χ3n) is 3.69. The Morgan fingerprint density at radius 2 is 2.00 bits per heavy atom. The van der Waals surface area contributed by atoms with Gasteiger partial charge in [0.1, 0.15) is 5.56 Å². The maximum atomic E-state index is 13.1. The minimum atomic E-state index is -4.73. The molecule has 0 unspecified atom stereocenters. The number of H-pyrrole nitrogens is 1. The number of fused-ring (bicyclic) bond motifs is 1. The average molecular weight is 310 g/mol. The summed E-state index contributed by atoms with van der Waals surface area (Å²) in [6.45, 7) is 0.958. The first-order valence-corrected chi connectivity index (χ1v) is 6.60. The Kier molecular flexibility index (Phi) is 3.40. The molecule has 0 spiro atoms. The Labute approximate surface area is 123 Å². The van der Waals surface area contributed by atoms with Gasteiger partial charge in [0.25, 0.3) is 5.56 Å². The maximum absolute atomic E-state index is 13.1. The molecule has 0 fully saturated rings. The zero-order valence-corrected chi connectivity index (χ0v) is 11.4. The number of nitrogens with two attached hydrogens (primary N) is 1. The predicted molar refractivity (Wildman–Crippen MR) is 74.1 cm³/mol. The number of hydrogen-bond acceptors (Lipinski definition) is 4. The minimum absolute atomic E-state index is 0.207. The lowest BCUT2D eigenvalue weighted by atomic mass is 10.1. The summed E-state index contributed by atoms with van der Waals surface area (Å²) >= 11 is 0. The summed E-state index contributed by atoms with van der Waals surface area (Å²) in [4.78, 5) is 13.0. The van der Waals surface area contributed by atoms with Crippen LogP contribution < -0.4 is 16.2 Å². The number of hydrogen-bond donors (Lipinski definition) is 2. The molecule has 8 heteroatoms. The van der Waals surface area contributed by atoms with Crippen molar-refractivity contribution in [3.05, 3.63) is 57.0 Å². The molecule has 0 aliphatic carbocycles. The van der Waals surface area contributed by atoms with Crippen LogP contribution in [0.5, 0.6) is 0 Å².